The van der Waals surface area contributed by atoms with Gasteiger partial charge in [0.05, 0.1) is 0 Å². The molecular weight excluding hydrogens is 434 g/mol. The van der Waals surface area contributed by atoms with Gasteiger partial charge in [-0.25, -0.2) is 0 Å². The number of carbonyl (C=O) groups excluding carboxylic acids is 2. The topological polar surface area (TPSA) is 52.6 Å². The summed E-state index contributed by atoms with van der Waals surface area (Å²) in [5, 5.41) is 1.22. The van der Waals surface area contributed by atoms with Gasteiger partial charge in [0.2, 0.25) is 0 Å². The number of ether oxygens (including phenoxy) is 2. The molecular formula is C19H16Cl4O4. The minimum atomic E-state index is -1.51. The molecule has 2 rings (SSSR count). The lowest BCUT2D eigenvalue weighted by molar-refractivity contribution is -0.161. The summed E-state index contributed by atoms with van der Waals surface area (Å²) in [4.78, 5) is 25.6. The first-order chi connectivity index (χ1) is 12.7. The van der Waals surface area contributed by atoms with E-state index >= 15 is 0 Å². The molecule has 0 aliphatic heterocycles. The van der Waals surface area contributed by atoms with Crippen LogP contribution >= 0.6 is 46.4 Å². The van der Waals surface area contributed by atoms with Crippen molar-refractivity contribution in [2.75, 3.05) is 0 Å². The summed E-state index contributed by atoms with van der Waals surface area (Å²) in [7, 11) is 0. The largest absolute Gasteiger partial charge is 0.426 e. The summed E-state index contributed by atoms with van der Waals surface area (Å²) < 4.78 is 10.7. The van der Waals surface area contributed by atoms with Gasteiger partial charge in [-0.15, -0.1) is 0 Å². The predicted octanol–water partition coefficient (Wildman–Crippen LogP) is 6.62. The first-order valence-corrected chi connectivity index (χ1v) is 9.58. The Morgan fingerprint density at radius 3 is 1.26 bits per heavy atom. The Hall–Kier alpha value is -1.46. The Morgan fingerprint density at radius 1 is 0.704 bits per heavy atom. The average molecular weight is 450 g/mol. The van der Waals surface area contributed by atoms with Gasteiger partial charge in [0.15, 0.2) is 5.41 Å². The van der Waals surface area contributed by atoms with Crippen molar-refractivity contribution in [3.63, 3.8) is 0 Å². The molecule has 0 N–H and O–H groups in total. The van der Waals surface area contributed by atoms with E-state index in [2.05, 4.69) is 0 Å². The zero-order chi connectivity index (χ0) is 20.2. The van der Waals surface area contributed by atoms with Crippen molar-refractivity contribution in [3.8, 4) is 11.5 Å². The normalized spacial score (nSPS) is 11.2. The highest BCUT2D eigenvalue weighted by Crippen LogP contribution is 2.34. The van der Waals surface area contributed by atoms with Crippen molar-refractivity contribution in [1.29, 1.82) is 0 Å². The molecule has 2 aromatic rings. The Balaban J connectivity index is 2.28. The molecule has 0 radical (unpaired) electrons. The maximum Gasteiger partial charge on any atom is 0.328 e. The standard InChI is InChI=1S/C19H16Cl4O4/c1-3-19(4-2,17(24)26-15-7-11(20)5-12(21)8-15)18(25)27-16-9-13(22)6-14(23)10-16/h5-10H,3-4H2,1-2H3. The van der Waals surface area contributed by atoms with Gasteiger partial charge in [-0.05, 0) is 49.2 Å². The van der Waals surface area contributed by atoms with E-state index in [4.69, 9.17) is 55.9 Å². The third kappa shape index (κ3) is 5.29. The second-order valence-electron chi connectivity index (χ2n) is 5.78. The number of rotatable bonds is 6. The van der Waals surface area contributed by atoms with Crippen LogP contribution in [-0.4, -0.2) is 11.9 Å². The molecule has 2 aromatic carbocycles. The quantitative estimate of drug-likeness (QED) is 0.282. The molecule has 0 saturated carbocycles. The molecule has 0 aliphatic rings. The highest BCUT2D eigenvalue weighted by atomic mass is 35.5. The number of hydrogen-bond acceptors (Lipinski definition) is 4. The van der Waals surface area contributed by atoms with Crippen LogP contribution in [0.2, 0.25) is 20.1 Å². The molecule has 0 unspecified atom stereocenters. The molecule has 0 fully saturated rings. The van der Waals surface area contributed by atoms with Gasteiger partial charge in [-0.2, -0.15) is 0 Å². The van der Waals surface area contributed by atoms with Gasteiger partial charge in [0.25, 0.3) is 0 Å². The van der Waals surface area contributed by atoms with Crippen LogP contribution in [-0.2, 0) is 9.59 Å². The molecule has 0 aliphatic carbocycles. The van der Waals surface area contributed by atoms with Crippen LogP contribution in [0, 0.1) is 5.41 Å². The van der Waals surface area contributed by atoms with Crippen LogP contribution in [0.1, 0.15) is 26.7 Å². The summed E-state index contributed by atoms with van der Waals surface area (Å²) in [6.45, 7) is 3.39. The zero-order valence-electron chi connectivity index (χ0n) is 14.5. The smallest absolute Gasteiger partial charge is 0.328 e. The lowest BCUT2D eigenvalue weighted by Gasteiger charge is -2.26. The van der Waals surface area contributed by atoms with E-state index < -0.39 is 17.4 Å². The maximum absolute atomic E-state index is 12.8. The lowest BCUT2D eigenvalue weighted by Crippen LogP contribution is -2.43. The molecule has 0 saturated heterocycles. The summed E-state index contributed by atoms with van der Waals surface area (Å²) in [5.41, 5.74) is -1.51. The van der Waals surface area contributed by atoms with Crippen LogP contribution in [0.25, 0.3) is 0 Å². The number of esters is 2. The zero-order valence-corrected chi connectivity index (χ0v) is 17.5. The summed E-state index contributed by atoms with van der Waals surface area (Å²) in [5.74, 6) is -1.24. The highest BCUT2D eigenvalue weighted by Gasteiger charge is 2.46. The van der Waals surface area contributed by atoms with Crippen LogP contribution in [0.3, 0.4) is 0 Å². The SMILES string of the molecule is CCC(CC)(C(=O)Oc1cc(Cl)cc(Cl)c1)C(=O)Oc1cc(Cl)cc(Cl)c1. The number of hydrogen-bond donors (Lipinski definition) is 0. The van der Waals surface area contributed by atoms with Crippen molar-refractivity contribution in [2.24, 2.45) is 5.41 Å². The minimum absolute atomic E-state index is 0.141. The van der Waals surface area contributed by atoms with Crippen molar-refractivity contribution in [1.82, 2.24) is 0 Å². The Kier molecular flexibility index (Phi) is 7.40. The number of carbonyl (C=O) groups is 2. The predicted molar refractivity (Wildman–Crippen MR) is 107 cm³/mol. The second-order valence-corrected chi connectivity index (χ2v) is 7.52. The third-order valence-electron chi connectivity index (χ3n) is 4.08. The molecule has 0 amide bonds. The molecule has 0 aromatic heterocycles. The van der Waals surface area contributed by atoms with E-state index in [9.17, 15) is 9.59 Å². The molecule has 0 atom stereocenters. The van der Waals surface area contributed by atoms with E-state index in [1.165, 1.54) is 36.4 Å². The average Bonchev–Trinajstić information content (AvgIpc) is 2.54. The first kappa shape index (κ1) is 21.8. The fraction of sp³-hybridized carbons (Fsp3) is 0.263. The van der Waals surface area contributed by atoms with Gasteiger partial charge in [0.1, 0.15) is 11.5 Å². The van der Waals surface area contributed by atoms with E-state index in [-0.39, 0.29) is 24.3 Å². The van der Waals surface area contributed by atoms with Crippen molar-refractivity contribution < 1.29 is 19.1 Å². The van der Waals surface area contributed by atoms with E-state index in [0.717, 1.165) is 0 Å². The van der Waals surface area contributed by atoms with E-state index in [0.29, 0.717) is 20.1 Å². The van der Waals surface area contributed by atoms with E-state index in [1.54, 1.807) is 13.8 Å². The van der Waals surface area contributed by atoms with Crippen molar-refractivity contribution in [2.45, 2.75) is 26.7 Å². The third-order valence-corrected chi connectivity index (χ3v) is 4.95. The van der Waals surface area contributed by atoms with Gasteiger partial charge in [0, 0.05) is 20.1 Å². The molecule has 0 bridgehead atoms. The van der Waals surface area contributed by atoms with Crippen molar-refractivity contribution >= 4 is 58.3 Å². The van der Waals surface area contributed by atoms with Gasteiger partial charge in [-0.1, -0.05) is 60.3 Å². The highest BCUT2D eigenvalue weighted by molar-refractivity contribution is 6.35. The molecule has 0 spiro atoms. The Bertz CT molecular complexity index is 755. The minimum Gasteiger partial charge on any atom is -0.426 e. The lowest BCUT2D eigenvalue weighted by atomic mass is 9.82. The molecule has 8 heteroatoms. The van der Waals surface area contributed by atoms with Gasteiger partial charge in [-0.3, -0.25) is 9.59 Å². The Labute approximate surface area is 177 Å². The molecule has 0 heterocycles. The van der Waals surface area contributed by atoms with Crippen LogP contribution in [0.4, 0.5) is 0 Å². The second kappa shape index (κ2) is 9.16. The van der Waals surface area contributed by atoms with Crippen LogP contribution in [0.15, 0.2) is 36.4 Å². The first-order valence-electron chi connectivity index (χ1n) is 8.07. The van der Waals surface area contributed by atoms with Crippen molar-refractivity contribution in [3.05, 3.63) is 56.5 Å². The molecule has 27 heavy (non-hydrogen) atoms. The van der Waals surface area contributed by atoms with Crippen LogP contribution in [0.5, 0.6) is 11.5 Å². The summed E-state index contributed by atoms with van der Waals surface area (Å²) >= 11 is 23.7. The van der Waals surface area contributed by atoms with E-state index in [1.807, 2.05) is 0 Å². The molecule has 4 nitrogen and oxygen atoms in total. The number of halogens is 4. The number of benzene rings is 2. The summed E-state index contributed by atoms with van der Waals surface area (Å²) in [6, 6.07) is 8.74. The fourth-order valence-electron chi connectivity index (χ4n) is 2.50. The summed E-state index contributed by atoms with van der Waals surface area (Å²) in [6.07, 6.45) is 0.341. The monoisotopic (exact) mass is 448 g/mol. The Morgan fingerprint density at radius 2 is 1.00 bits per heavy atom. The fourth-order valence-corrected chi connectivity index (χ4v) is 3.51. The van der Waals surface area contributed by atoms with Gasteiger partial charge < -0.3 is 9.47 Å². The maximum atomic E-state index is 12.8. The molecule has 144 valence electrons. The van der Waals surface area contributed by atoms with Crippen LogP contribution < -0.4 is 9.47 Å². The van der Waals surface area contributed by atoms with Gasteiger partial charge >= 0.3 is 11.9 Å².